The van der Waals surface area contributed by atoms with Crippen molar-refractivity contribution in [2.45, 2.75) is 43.9 Å². The number of hydrogen-bond donors (Lipinski definition) is 2. The summed E-state index contributed by atoms with van der Waals surface area (Å²) in [6, 6.07) is 6.36. The second-order valence-electron chi connectivity index (χ2n) is 8.76. The van der Waals surface area contributed by atoms with E-state index in [1.54, 1.807) is 17.2 Å². The van der Waals surface area contributed by atoms with Crippen LogP contribution >= 0.6 is 0 Å². The molecule has 4 heterocycles. The van der Waals surface area contributed by atoms with Crippen LogP contribution in [0.3, 0.4) is 0 Å². The van der Waals surface area contributed by atoms with Gasteiger partial charge in [0.25, 0.3) is 0 Å². The number of pyridine rings is 1. The maximum atomic E-state index is 6.14. The summed E-state index contributed by atoms with van der Waals surface area (Å²) in [5, 5.41) is 11.0. The first-order valence-corrected chi connectivity index (χ1v) is 11.6. The molecule has 2 N–H and O–H groups in total. The van der Waals surface area contributed by atoms with Gasteiger partial charge in [-0.3, -0.25) is 9.67 Å². The van der Waals surface area contributed by atoms with Crippen molar-refractivity contribution in [1.82, 2.24) is 25.0 Å². The molecule has 0 amide bonds. The lowest BCUT2D eigenvalue weighted by Crippen LogP contribution is -2.34. The third kappa shape index (κ3) is 5.19. The number of aliphatic imine (C=N–C) groups is 1. The van der Waals surface area contributed by atoms with Gasteiger partial charge >= 0.3 is 0 Å². The summed E-state index contributed by atoms with van der Waals surface area (Å²) in [7, 11) is 4.09. The number of ether oxygens (including phenoxy) is 2. The number of nitrogens with zero attached hydrogens (tertiary/aromatic N) is 5. The highest BCUT2D eigenvalue weighted by Crippen LogP contribution is 2.28. The average Bonchev–Trinajstić information content (AvgIpc) is 3.43. The van der Waals surface area contributed by atoms with Crippen LogP contribution in [0.1, 0.15) is 25.7 Å². The molecule has 3 atom stereocenters. The maximum Gasteiger partial charge on any atom is 0.214 e. The Labute approximate surface area is 194 Å². The summed E-state index contributed by atoms with van der Waals surface area (Å²) in [6.45, 7) is 1.89. The molecule has 33 heavy (non-hydrogen) atoms. The van der Waals surface area contributed by atoms with Crippen LogP contribution in [0.4, 0.5) is 5.82 Å². The Morgan fingerprint density at radius 1 is 1.21 bits per heavy atom. The first-order chi connectivity index (χ1) is 16.1. The number of aromatic nitrogens is 3. The van der Waals surface area contributed by atoms with Crippen molar-refractivity contribution in [3.8, 4) is 11.6 Å². The Morgan fingerprint density at radius 2 is 2.15 bits per heavy atom. The molecule has 174 valence electrons. The molecule has 2 aromatic heterocycles. The van der Waals surface area contributed by atoms with Gasteiger partial charge in [0.05, 0.1) is 25.2 Å². The zero-order valence-electron chi connectivity index (χ0n) is 19.1. The average molecular weight is 450 g/mol. The molecule has 0 spiro atoms. The van der Waals surface area contributed by atoms with Gasteiger partial charge in [0.1, 0.15) is 17.7 Å². The van der Waals surface area contributed by atoms with E-state index in [1.165, 1.54) is 19.4 Å². The highest BCUT2D eigenvalue weighted by molar-refractivity contribution is 5.64. The number of likely N-dealkylation sites (tertiary alicyclic amines) is 1. The van der Waals surface area contributed by atoms with E-state index in [4.69, 9.17) is 9.47 Å². The van der Waals surface area contributed by atoms with Gasteiger partial charge in [-0.25, -0.2) is 4.98 Å². The molecule has 1 aliphatic carbocycles. The Bertz CT molecular complexity index is 1040. The SMILES string of the molecule is CN1CCCC1CCOc1ccc(OC2C=CC3N=CNC(Nc4ccn(C)n4)=C3C2)nc1. The molecule has 3 aliphatic rings. The van der Waals surface area contributed by atoms with Crippen LogP contribution in [-0.4, -0.2) is 64.4 Å². The van der Waals surface area contributed by atoms with E-state index >= 15 is 0 Å². The molecule has 2 aliphatic heterocycles. The predicted octanol–water partition coefficient (Wildman–Crippen LogP) is 2.71. The Morgan fingerprint density at radius 3 is 2.91 bits per heavy atom. The molecule has 1 fully saturated rings. The standard InChI is InChI=1S/C24H31N7O2/c1-30-11-3-4-17(30)10-13-32-19-6-8-23(25-15-19)33-18-5-7-21-20(14-18)24(27-16-26-21)28-22-9-12-31(2)29-22/h5-9,12,15-18,21H,3-4,10-11,13-14H2,1-2H3,(H,26,27)(H,28,29). The van der Waals surface area contributed by atoms with Crippen LogP contribution in [0, 0.1) is 0 Å². The number of nitrogens with one attached hydrogen (secondary N) is 2. The second-order valence-corrected chi connectivity index (χ2v) is 8.76. The number of fused-ring (bicyclic) bond motifs is 1. The zero-order chi connectivity index (χ0) is 22.6. The van der Waals surface area contributed by atoms with Crippen molar-refractivity contribution in [2.24, 2.45) is 12.0 Å². The third-order valence-electron chi connectivity index (χ3n) is 6.39. The van der Waals surface area contributed by atoms with Crippen LogP contribution in [0.5, 0.6) is 11.6 Å². The molecular weight excluding hydrogens is 418 g/mol. The van der Waals surface area contributed by atoms with E-state index in [9.17, 15) is 0 Å². The van der Waals surface area contributed by atoms with Gasteiger partial charge < -0.3 is 25.0 Å². The summed E-state index contributed by atoms with van der Waals surface area (Å²) >= 11 is 0. The lowest BCUT2D eigenvalue weighted by molar-refractivity contribution is 0.226. The van der Waals surface area contributed by atoms with Gasteiger partial charge in [-0.05, 0) is 45.0 Å². The number of aryl methyl sites for hydroxylation is 1. The number of rotatable bonds is 8. The van der Waals surface area contributed by atoms with Crippen LogP contribution in [0.25, 0.3) is 0 Å². The smallest absolute Gasteiger partial charge is 0.214 e. The predicted molar refractivity (Wildman–Crippen MR) is 127 cm³/mol. The van der Waals surface area contributed by atoms with Gasteiger partial charge in [0, 0.05) is 43.4 Å². The molecule has 1 saturated heterocycles. The monoisotopic (exact) mass is 449 g/mol. The van der Waals surface area contributed by atoms with Gasteiger partial charge in [0.15, 0.2) is 5.82 Å². The van der Waals surface area contributed by atoms with Crippen LogP contribution in [0.2, 0.25) is 0 Å². The summed E-state index contributed by atoms with van der Waals surface area (Å²) in [5.41, 5.74) is 1.13. The molecule has 5 rings (SSSR count). The summed E-state index contributed by atoms with van der Waals surface area (Å²) in [4.78, 5) is 11.4. The van der Waals surface area contributed by atoms with Crippen molar-refractivity contribution < 1.29 is 9.47 Å². The fraction of sp³-hybridized carbons (Fsp3) is 0.458. The molecule has 3 unspecified atom stereocenters. The van der Waals surface area contributed by atoms with Crippen molar-refractivity contribution >= 4 is 12.2 Å². The molecule has 0 bridgehead atoms. The minimum atomic E-state index is -0.121. The molecule has 2 aromatic rings. The first kappa shape index (κ1) is 21.5. The van der Waals surface area contributed by atoms with Gasteiger partial charge in [-0.1, -0.05) is 6.08 Å². The van der Waals surface area contributed by atoms with Crippen LogP contribution in [0.15, 0.2) is 59.1 Å². The fourth-order valence-corrected chi connectivity index (χ4v) is 4.56. The Kier molecular flexibility index (Phi) is 6.30. The van der Waals surface area contributed by atoms with Crippen LogP contribution < -0.4 is 20.1 Å². The lowest BCUT2D eigenvalue weighted by atomic mass is 9.93. The van der Waals surface area contributed by atoms with E-state index < -0.39 is 0 Å². The fourth-order valence-electron chi connectivity index (χ4n) is 4.56. The number of hydrogen-bond acceptors (Lipinski definition) is 8. The van der Waals surface area contributed by atoms with Crippen molar-refractivity contribution in [2.75, 3.05) is 25.5 Å². The zero-order valence-corrected chi connectivity index (χ0v) is 19.1. The largest absolute Gasteiger partial charge is 0.492 e. The van der Waals surface area contributed by atoms with Crippen molar-refractivity contribution in [3.63, 3.8) is 0 Å². The molecule has 9 nitrogen and oxygen atoms in total. The molecule has 0 aromatic carbocycles. The normalized spacial score (nSPS) is 24.5. The molecule has 0 radical (unpaired) electrons. The minimum Gasteiger partial charge on any atom is -0.492 e. The first-order valence-electron chi connectivity index (χ1n) is 11.6. The van der Waals surface area contributed by atoms with Crippen LogP contribution in [-0.2, 0) is 7.05 Å². The van der Waals surface area contributed by atoms with E-state index in [2.05, 4.69) is 49.8 Å². The van der Waals surface area contributed by atoms with E-state index in [0.29, 0.717) is 24.9 Å². The van der Waals surface area contributed by atoms with E-state index in [0.717, 1.165) is 29.4 Å². The van der Waals surface area contributed by atoms with Crippen molar-refractivity contribution in [3.05, 3.63) is 54.1 Å². The Hall–Kier alpha value is -3.33. The molecular formula is C24H31N7O2. The topological polar surface area (TPSA) is 88.8 Å². The lowest BCUT2D eigenvalue weighted by Gasteiger charge is -2.29. The molecule has 0 saturated carbocycles. The Balaban J connectivity index is 1.17. The molecule has 9 heteroatoms. The quantitative estimate of drug-likeness (QED) is 0.599. The minimum absolute atomic E-state index is 0.0000372. The summed E-state index contributed by atoms with van der Waals surface area (Å²) < 4.78 is 13.8. The van der Waals surface area contributed by atoms with E-state index in [-0.39, 0.29) is 12.1 Å². The summed E-state index contributed by atoms with van der Waals surface area (Å²) in [5.74, 6) is 3.04. The van der Waals surface area contributed by atoms with Gasteiger partial charge in [-0.2, -0.15) is 5.10 Å². The highest BCUT2D eigenvalue weighted by Gasteiger charge is 2.27. The maximum absolute atomic E-state index is 6.14. The number of anilines is 1. The third-order valence-corrected chi connectivity index (χ3v) is 6.39. The van der Waals surface area contributed by atoms with E-state index in [1.807, 2.05) is 31.4 Å². The van der Waals surface area contributed by atoms with Gasteiger partial charge in [-0.15, -0.1) is 0 Å². The van der Waals surface area contributed by atoms with Crippen molar-refractivity contribution in [1.29, 1.82) is 0 Å². The highest BCUT2D eigenvalue weighted by atomic mass is 16.5. The second kappa shape index (κ2) is 9.66. The van der Waals surface area contributed by atoms with Gasteiger partial charge in [0.2, 0.25) is 5.88 Å². The summed E-state index contributed by atoms with van der Waals surface area (Å²) in [6.07, 6.45) is 13.7.